The van der Waals surface area contributed by atoms with Gasteiger partial charge >= 0.3 is 11.8 Å². The van der Waals surface area contributed by atoms with E-state index >= 15 is 0 Å². The number of hydrogen-bond donors (Lipinski definition) is 2. The molecule has 0 atom stereocenters. The molecule has 0 aliphatic heterocycles. The van der Waals surface area contributed by atoms with Crippen molar-refractivity contribution in [1.29, 1.82) is 0 Å². The van der Waals surface area contributed by atoms with Crippen LogP contribution in [0.3, 0.4) is 0 Å². The Morgan fingerprint density at radius 2 is 1.65 bits per heavy atom. The van der Waals surface area contributed by atoms with Crippen molar-refractivity contribution < 1.29 is 18.7 Å². The molecule has 0 aliphatic carbocycles. The maximum Gasteiger partial charge on any atom is 0.329 e. The summed E-state index contributed by atoms with van der Waals surface area (Å²) in [5, 5.41) is 8.74. The van der Waals surface area contributed by atoms with Gasteiger partial charge in [-0.05, 0) is 58.8 Å². The van der Waals surface area contributed by atoms with Gasteiger partial charge in [0.25, 0.3) is 0 Å². The molecular weight excluding hydrogens is 457 g/mol. The Morgan fingerprint density at radius 3 is 2.41 bits per heavy atom. The zero-order valence-electron chi connectivity index (χ0n) is 17.8. The van der Waals surface area contributed by atoms with Gasteiger partial charge in [0.1, 0.15) is 18.2 Å². The van der Waals surface area contributed by atoms with Gasteiger partial charge in [-0.15, -0.1) is 0 Å². The van der Waals surface area contributed by atoms with Crippen molar-refractivity contribution in [2.45, 2.75) is 6.61 Å². The summed E-state index contributed by atoms with van der Waals surface area (Å²) < 4.78 is 19.1. The molecule has 6 nitrogen and oxygen atoms in total. The second-order valence-electron chi connectivity index (χ2n) is 7.27. The van der Waals surface area contributed by atoms with Gasteiger partial charge in [0.05, 0.1) is 6.21 Å². The number of nitrogens with one attached hydrogen (secondary N) is 2. The number of nitrogens with zero attached hydrogens (tertiary/aromatic N) is 1. The summed E-state index contributed by atoms with van der Waals surface area (Å²) in [5.74, 6) is -1.60. The molecule has 4 aromatic rings. The van der Waals surface area contributed by atoms with Crippen molar-refractivity contribution >= 4 is 46.1 Å². The van der Waals surface area contributed by atoms with Crippen LogP contribution < -0.4 is 15.5 Å². The lowest BCUT2D eigenvalue weighted by molar-refractivity contribution is -0.136. The number of anilines is 1. The lowest BCUT2D eigenvalue weighted by Crippen LogP contribution is -2.32. The summed E-state index contributed by atoms with van der Waals surface area (Å²) in [6.07, 6.45) is 1.43. The first-order valence-electron chi connectivity index (χ1n) is 10.3. The van der Waals surface area contributed by atoms with Crippen LogP contribution in [-0.2, 0) is 16.2 Å². The summed E-state index contributed by atoms with van der Waals surface area (Å²) >= 11 is 5.82. The van der Waals surface area contributed by atoms with Gasteiger partial charge in [-0.25, -0.2) is 9.82 Å². The smallest absolute Gasteiger partial charge is 0.329 e. The molecule has 2 N–H and O–H groups in total. The summed E-state index contributed by atoms with van der Waals surface area (Å²) in [6.45, 7) is 0.218. The predicted octanol–water partition coefficient (Wildman–Crippen LogP) is 5.30. The quantitative estimate of drug-likeness (QED) is 0.225. The molecular formula is C26H19ClFN3O3. The largest absolute Gasteiger partial charge is 0.488 e. The fourth-order valence-electron chi connectivity index (χ4n) is 3.20. The number of fused-ring (bicyclic) bond motifs is 1. The van der Waals surface area contributed by atoms with E-state index in [0.29, 0.717) is 22.0 Å². The SMILES string of the molecule is O=C(N/N=C\c1c(OCc2ccc(F)cc2)ccc2ccccc12)C(=O)Nc1ccc(Cl)cc1. The Labute approximate surface area is 200 Å². The van der Waals surface area contributed by atoms with Crippen LogP contribution in [-0.4, -0.2) is 18.0 Å². The second-order valence-corrected chi connectivity index (χ2v) is 7.71. The fraction of sp³-hybridized carbons (Fsp3) is 0.0385. The Morgan fingerprint density at radius 1 is 0.912 bits per heavy atom. The first-order chi connectivity index (χ1) is 16.5. The molecule has 0 heterocycles. The highest BCUT2D eigenvalue weighted by atomic mass is 35.5. The molecule has 34 heavy (non-hydrogen) atoms. The number of amides is 2. The van der Waals surface area contributed by atoms with E-state index in [0.717, 1.165) is 16.3 Å². The molecule has 0 saturated heterocycles. The van der Waals surface area contributed by atoms with Crippen molar-refractivity contribution in [3.05, 3.63) is 107 Å². The van der Waals surface area contributed by atoms with E-state index < -0.39 is 11.8 Å². The molecule has 0 radical (unpaired) electrons. The molecule has 8 heteroatoms. The Bertz CT molecular complexity index is 1360. The zero-order chi connectivity index (χ0) is 23.9. The first kappa shape index (κ1) is 22.9. The van der Waals surface area contributed by atoms with E-state index in [4.69, 9.17) is 16.3 Å². The highest BCUT2D eigenvalue weighted by Crippen LogP contribution is 2.27. The zero-order valence-corrected chi connectivity index (χ0v) is 18.6. The molecule has 0 fully saturated rings. The Hall–Kier alpha value is -4.23. The highest BCUT2D eigenvalue weighted by molar-refractivity contribution is 6.39. The van der Waals surface area contributed by atoms with Gasteiger partial charge in [0, 0.05) is 16.3 Å². The third-order valence-corrected chi connectivity index (χ3v) is 5.16. The van der Waals surface area contributed by atoms with Crippen molar-refractivity contribution in [2.75, 3.05) is 5.32 Å². The van der Waals surface area contributed by atoms with E-state index in [9.17, 15) is 14.0 Å². The maximum atomic E-state index is 13.2. The van der Waals surface area contributed by atoms with Crippen LogP contribution in [0, 0.1) is 5.82 Å². The number of benzene rings is 4. The van der Waals surface area contributed by atoms with Crippen LogP contribution in [0.2, 0.25) is 5.02 Å². The first-order valence-corrected chi connectivity index (χ1v) is 10.7. The van der Waals surface area contributed by atoms with Crippen molar-refractivity contribution in [3.63, 3.8) is 0 Å². The van der Waals surface area contributed by atoms with Crippen molar-refractivity contribution in [1.82, 2.24) is 5.43 Å². The average molecular weight is 476 g/mol. The number of halogens is 2. The lowest BCUT2D eigenvalue weighted by atomic mass is 10.0. The number of carbonyl (C=O) groups is 2. The van der Waals surface area contributed by atoms with Crippen LogP contribution >= 0.6 is 11.6 Å². The maximum absolute atomic E-state index is 13.2. The normalized spacial score (nSPS) is 10.9. The van der Waals surface area contributed by atoms with Crippen LogP contribution in [0.5, 0.6) is 5.75 Å². The number of rotatable bonds is 6. The molecule has 0 aromatic heterocycles. The second kappa shape index (κ2) is 10.6. The van der Waals surface area contributed by atoms with E-state index in [1.165, 1.54) is 18.3 Å². The minimum atomic E-state index is -0.930. The minimum absolute atomic E-state index is 0.218. The van der Waals surface area contributed by atoms with E-state index in [2.05, 4.69) is 15.8 Å². The van der Waals surface area contributed by atoms with E-state index in [1.54, 1.807) is 42.5 Å². The van der Waals surface area contributed by atoms with Gasteiger partial charge in [-0.3, -0.25) is 9.59 Å². The number of ether oxygens (including phenoxy) is 1. The summed E-state index contributed by atoms with van der Waals surface area (Å²) in [5.41, 5.74) is 4.08. The van der Waals surface area contributed by atoms with Crippen LogP contribution in [0.15, 0.2) is 90.0 Å². The van der Waals surface area contributed by atoms with Crippen molar-refractivity contribution in [2.24, 2.45) is 5.10 Å². The van der Waals surface area contributed by atoms with Gasteiger partial charge in [-0.1, -0.05) is 54.1 Å². The topological polar surface area (TPSA) is 79.8 Å². The third-order valence-electron chi connectivity index (χ3n) is 4.91. The van der Waals surface area contributed by atoms with E-state index in [-0.39, 0.29) is 12.4 Å². The van der Waals surface area contributed by atoms with Crippen molar-refractivity contribution in [3.8, 4) is 5.75 Å². The standard InChI is InChI=1S/C26H19ClFN3O3/c27-19-8-12-21(13-9-19)30-25(32)26(33)31-29-15-23-22-4-2-1-3-18(22)7-14-24(23)34-16-17-5-10-20(28)11-6-17/h1-15H,16H2,(H,30,32)(H,31,33)/b29-15-. The van der Waals surface area contributed by atoms with Gasteiger partial charge in [-0.2, -0.15) is 5.10 Å². The molecule has 0 spiro atoms. The molecule has 170 valence electrons. The monoisotopic (exact) mass is 475 g/mol. The molecule has 0 bridgehead atoms. The minimum Gasteiger partial charge on any atom is -0.488 e. The van der Waals surface area contributed by atoms with Gasteiger partial charge < -0.3 is 10.1 Å². The molecule has 0 unspecified atom stereocenters. The molecule has 0 aliphatic rings. The Kier molecular flexibility index (Phi) is 7.15. The van der Waals surface area contributed by atoms with E-state index in [1.807, 2.05) is 30.3 Å². The number of hydrogen-bond acceptors (Lipinski definition) is 4. The number of hydrazone groups is 1. The average Bonchev–Trinajstić information content (AvgIpc) is 2.85. The fourth-order valence-corrected chi connectivity index (χ4v) is 3.33. The summed E-state index contributed by atoms with van der Waals surface area (Å²) in [4.78, 5) is 24.3. The lowest BCUT2D eigenvalue weighted by Gasteiger charge is -2.12. The van der Waals surface area contributed by atoms with Crippen LogP contribution in [0.1, 0.15) is 11.1 Å². The molecule has 0 saturated carbocycles. The Balaban J connectivity index is 1.49. The molecule has 4 rings (SSSR count). The third kappa shape index (κ3) is 5.76. The predicted molar refractivity (Wildman–Crippen MR) is 130 cm³/mol. The summed E-state index contributed by atoms with van der Waals surface area (Å²) in [7, 11) is 0. The number of carbonyl (C=O) groups excluding carboxylic acids is 2. The summed E-state index contributed by atoms with van der Waals surface area (Å²) in [6, 6.07) is 23.7. The molecule has 4 aromatic carbocycles. The van der Waals surface area contributed by atoms with Gasteiger partial charge in [0.15, 0.2) is 0 Å². The van der Waals surface area contributed by atoms with Crippen LogP contribution in [0.4, 0.5) is 10.1 Å². The van der Waals surface area contributed by atoms with Gasteiger partial charge in [0.2, 0.25) is 0 Å². The highest BCUT2D eigenvalue weighted by Gasteiger charge is 2.13. The van der Waals surface area contributed by atoms with Crippen LogP contribution in [0.25, 0.3) is 10.8 Å². The molecule has 2 amide bonds.